The number of urea groups is 1. The van der Waals surface area contributed by atoms with Crippen LogP contribution in [0, 0.1) is 0 Å². The Balaban J connectivity index is 1.51. The van der Waals surface area contributed by atoms with E-state index in [1.165, 1.54) is 12.3 Å². The number of carbonyl (C=O) groups excluding carboxylic acids is 2. The van der Waals surface area contributed by atoms with Crippen molar-refractivity contribution in [3.05, 3.63) is 58.5 Å². The van der Waals surface area contributed by atoms with E-state index in [4.69, 9.17) is 4.74 Å². The van der Waals surface area contributed by atoms with Crippen molar-refractivity contribution >= 4 is 23.3 Å². The van der Waals surface area contributed by atoms with Crippen molar-refractivity contribution < 1.29 is 14.3 Å². The smallest absolute Gasteiger partial charge is 0.319 e. The second-order valence-corrected chi connectivity index (χ2v) is 5.91. The van der Waals surface area contributed by atoms with Gasteiger partial charge in [0.05, 0.1) is 6.10 Å². The molecule has 1 fully saturated rings. The van der Waals surface area contributed by atoms with Crippen LogP contribution >= 0.6 is 0 Å². The summed E-state index contributed by atoms with van der Waals surface area (Å²) in [5.41, 5.74) is 0.684. The van der Waals surface area contributed by atoms with Crippen LogP contribution in [0.4, 0.5) is 16.2 Å². The predicted octanol–water partition coefficient (Wildman–Crippen LogP) is 1.93. The van der Waals surface area contributed by atoms with Gasteiger partial charge in [0.2, 0.25) is 0 Å². The Hall–Kier alpha value is -3.13. The zero-order valence-corrected chi connectivity index (χ0v) is 14.1. The predicted molar refractivity (Wildman–Crippen MR) is 97.5 cm³/mol. The van der Waals surface area contributed by atoms with Crippen molar-refractivity contribution in [3.8, 4) is 0 Å². The molecule has 0 spiro atoms. The summed E-state index contributed by atoms with van der Waals surface area (Å²) >= 11 is 0. The van der Waals surface area contributed by atoms with Gasteiger partial charge in [-0.25, -0.2) is 4.79 Å². The first-order chi connectivity index (χ1) is 12.6. The van der Waals surface area contributed by atoms with Gasteiger partial charge in [-0.2, -0.15) is 0 Å². The van der Waals surface area contributed by atoms with E-state index in [1.54, 1.807) is 30.3 Å². The molecule has 1 aromatic heterocycles. The maximum Gasteiger partial charge on any atom is 0.319 e. The van der Waals surface area contributed by atoms with Gasteiger partial charge >= 0.3 is 6.03 Å². The Morgan fingerprint density at radius 2 is 1.85 bits per heavy atom. The first-order valence-electron chi connectivity index (χ1n) is 8.37. The molecule has 0 radical (unpaired) electrons. The number of pyridine rings is 1. The van der Waals surface area contributed by atoms with E-state index in [9.17, 15) is 14.4 Å². The van der Waals surface area contributed by atoms with Gasteiger partial charge in [-0.15, -0.1) is 0 Å². The second-order valence-electron chi connectivity index (χ2n) is 5.91. The second kappa shape index (κ2) is 8.30. The number of H-pyrrole nitrogens is 1. The molecule has 1 atom stereocenters. The maximum absolute atomic E-state index is 12.1. The highest BCUT2D eigenvalue weighted by Gasteiger charge is 2.16. The zero-order valence-electron chi connectivity index (χ0n) is 14.1. The van der Waals surface area contributed by atoms with E-state index in [-0.39, 0.29) is 17.7 Å². The zero-order chi connectivity index (χ0) is 18.4. The van der Waals surface area contributed by atoms with Crippen LogP contribution in [0.1, 0.15) is 23.2 Å². The third-order valence-corrected chi connectivity index (χ3v) is 3.98. The number of rotatable bonds is 5. The van der Waals surface area contributed by atoms with Crippen molar-refractivity contribution in [2.45, 2.75) is 18.9 Å². The van der Waals surface area contributed by atoms with Crippen LogP contribution in [-0.4, -0.2) is 36.2 Å². The molecule has 136 valence electrons. The fourth-order valence-corrected chi connectivity index (χ4v) is 2.62. The van der Waals surface area contributed by atoms with E-state index >= 15 is 0 Å². The summed E-state index contributed by atoms with van der Waals surface area (Å²) in [6.45, 7) is 1.22. The maximum atomic E-state index is 12.1. The number of carbonyl (C=O) groups is 2. The van der Waals surface area contributed by atoms with Crippen LogP contribution in [0.25, 0.3) is 0 Å². The first kappa shape index (κ1) is 17.7. The molecule has 0 unspecified atom stereocenters. The van der Waals surface area contributed by atoms with Crippen LogP contribution in [0.15, 0.2) is 47.4 Å². The van der Waals surface area contributed by atoms with E-state index < -0.39 is 11.5 Å². The lowest BCUT2D eigenvalue weighted by molar-refractivity contribution is 0.102. The molecule has 1 saturated heterocycles. The third-order valence-electron chi connectivity index (χ3n) is 3.98. The minimum Gasteiger partial charge on any atom is -0.376 e. The van der Waals surface area contributed by atoms with Crippen LogP contribution in [-0.2, 0) is 4.74 Å². The number of anilines is 2. The summed E-state index contributed by atoms with van der Waals surface area (Å²) in [6.07, 6.45) is 3.53. The summed E-state index contributed by atoms with van der Waals surface area (Å²) in [5.74, 6) is -0.498. The van der Waals surface area contributed by atoms with Crippen molar-refractivity contribution in [2.75, 3.05) is 23.8 Å². The third kappa shape index (κ3) is 4.70. The minimum absolute atomic E-state index is 0.0308. The average Bonchev–Trinajstić information content (AvgIpc) is 3.15. The van der Waals surface area contributed by atoms with Crippen molar-refractivity contribution in [2.24, 2.45) is 0 Å². The van der Waals surface area contributed by atoms with Crippen molar-refractivity contribution in [1.82, 2.24) is 10.3 Å². The summed E-state index contributed by atoms with van der Waals surface area (Å²) in [5, 5.41) is 8.12. The molecule has 4 N–H and O–H groups in total. The van der Waals surface area contributed by atoms with E-state index in [2.05, 4.69) is 20.9 Å². The molecule has 3 amide bonds. The minimum atomic E-state index is -0.498. The van der Waals surface area contributed by atoms with E-state index in [0.717, 1.165) is 19.4 Å². The Labute approximate surface area is 150 Å². The van der Waals surface area contributed by atoms with Gasteiger partial charge in [0, 0.05) is 30.7 Å². The number of hydrogen-bond donors (Lipinski definition) is 4. The highest BCUT2D eigenvalue weighted by molar-refractivity contribution is 6.04. The summed E-state index contributed by atoms with van der Waals surface area (Å²) in [4.78, 5) is 38.0. The Morgan fingerprint density at radius 3 is 2.50 bits per heavy atom. The van der Waals surface area contributed by atoms with Crippen molar-refractivity contribution in [3.63, 3.8) is 0 Å². The molecule has 0 bridgehead atoms. The summed E-state index contributed by atoms with van der Waals surface area (Å²) in [6, 6.07) is 9.33. The SMILES string of the molecule is O=C(NC[C@@H]1CCCO1)Nc1ccc(NC(=O)c2ccc[nH]c2=O)cc1. The molecule has 2 heterocycles. The Kier molecular flexibility index (Phi) is 5.65. The Morgan fingerprint density at radius 1 is 1.12 bits per heavy atom. The topological polar surface area (TPSA) is 112 Å². The van der Waals surface area contributed by atoms with Crippen LogP contribution in [0.2, 0.25) is 0 Å². The van der Waals surface area contributed by atoms with Gasteiger partial charge in [0.25, 0.3) is 11.5 Å². The van der Waals surface area contributed by atoms with Gasteiger partial charge < -0.3 is 25.7 Å². The lowest BCUT2D eigenvalue weighted by atomic mass is 10.2. The Bertz CT molecular complexity index is 826. The first-order valence-corrected chi connectivity index (χ1v) is 8.37. The standard InChI is InChI=1S/C18H20N4O4/c23-16-15(4-1-9-19-16)17(24)21-12-5-7-13(8-6-12)22-18(25)20-11-14-3-2-10-26-14/h1,4-9,14H,2-3,10-11H2,(H,19,23)(H,21,24)(H2,20,22,25)/t14-/m0/s1. The molecule has 0 saturated carbocycles. The van der Waals surface area contributed by atoms with E-state index in [1.807, 2.05) is 0 Å². The lowest BCUT2D eigenvalue weighted by Crippen LogP contribution is -2.35. The summed E-state index contributed by atoms with van der Waals surface area (Å²) in [7, 11) is 0. The number of ether oxygens (including phenoxy) is 1. The quantitative estimate of drug-likeness (QED) is 0.656. The number of amides is 3. The van der Waals surface area contributed by atoms with Gasteiger partial charge in [-0.05, 0) is 49.2 Å². The molecule has 26 heavy (non-hydrogen) atoms. The van der Waals surface area contributed by atoms with Crippen LogP contribution in [0.3, 0.4) is 0 Å². The highest BCUT2D eigenvalue weighted by Crippen LogP contribution is 2.14. The molecule has 2 aromatic rings. The molecular formula is C18H20N4O4. The highest BCUT2D eigenvalue weighted by atomic mass is 16.5. The largest absolute Gasteiger partial charge is 0.376 e. The molecule has 1 aromatic carbocycles. The average molecular weight is 356 g/mol. The van der Waals surface area contributed by atoms with Crippen molar-refractivity contribution in [1.29, 1.82) is 0 Å². The van der Waals surface area contributed by atoms with Gasteiger partial charge in [-0.1, -0.05) is 0 Å². The molecular weight excluding hydrogens is 336 g/mol. The monoisotopic (exact) mass is 356 g/mol. The fourth-order valence-electron chi connectivity index (χ4n) is 2.62. The van der Waals surface area contributed by atoms with Crippen LogP contribution in [0.5, 0.6) is 0 Å². The number of aromatic amines is 1. The summed E-state index contributed by atoms with van der Waals surface area (Å²) < 4.78 is 5.44. The van der Waals surface area contributed by atoms with Crippen LogP contribution < -0.4 is 21.5 Å². The normalized spacial score (nSPS) is 16.1. The number of nitrogens with one attached hydrogen (secondary N) is 4. The lowest BCUT2D eigenvalue weighted by Gasteiger charge is -2.12. The van der Waals surface area contributed by atoms with Gasteiger partial charge in [0.1, 0.15) is 5.56 Å². The molecule has 1 aliphatic rings. The number of aromatic nitrogens is 1. The number of benzene rings is 1. The molecule has 1 aliphatic heterocycles. The van der Waals surface area contributed by atoms with Gasteiger partial charge in [-0.3, -0.25) is 9.59 Å². The molecule has 8 nitrogen and oxygen atoms in total. The number of hydrogen-bond acceptors (Lipinski definition) is 4. The fraction of sp³-hybridized carbons (Fsp3) is 0.278. The molecule has 0 aliphatic carbocycles. The van der Waals surface area contributed by atoms with E-state index in [0.29, 0.717) is 17.9 Å². The molecule has 8 heteroatoms. The van der Waals surface area contributed by atoms with Gasteiger partial charge in [0.15, 0.2) is 0 Å². The molecule has 3 rings (SSSR count).